The second kappa shape index (κ2) is 6.34. The number of hydrogen-bond acceptors (Lipinski definition) is 5. The van der Waals surface area contributed by atoms with Gasteiger partial charge in [0, 0.05) is 13.1 Å². The molecule has 0 N–H and O–H groups in total. The van der Waals surface area contributed by atoms with Crippen molar-refractivity contribution in [3.8, 4) is 11.5 Å². The molecule has 1 aromatic carbocycles. The third-order valence-electron chi connectivity index (χ3n) is 3.50. The van der Waals surface area contributed by atoms with Crippen molar-refractivity contribution in [2.45, 2.75) is 6.42 Å². The van der Waals surface area contributed by atoms with Crippen molar-refractivity contribution < 1.29 is 22.7 Å². The van der Waals surface area contributed by atoms with Crippen LogP contribution in [0.2, 0.25) is 0 Å². The maximum atomic E-state index is 12.2. The van der Waals surface area contributed by atoms with E-state index in [4.69, 9.17) is 9.47 Å². The van der Waals surface area contributed by atoms with E-state index in [0.29, 0.717) is 11.5 Å². The first-order valence-corrected chi connectivity index (χ1v) is 8.46. The van der Waals surface area contributed by atoms with Crippen molar-refractivity contribution in [1.29, 1.82) is 0 Å². The molecule has 0 saturated carbocycles. The Morgan fingerprint density at radius 1 is 1.14 bits per heavy atom. The standard InChI is InChI=1S/C14H19NO5S/c1-19-12-4-3-11(9-13(12)20-2)10-14(16)15-5-7-21(17,18)8-6-15/h3-4,9H,5-8,10H2,1-2H3. The second-order valence-electron chi connectivity index (χ2n) is 4.90. The molecule has 116 valence electrons. The SMILES string of the molecule is COc1ccc(CC(=O)N2CCS(=O)(=O)CC2)cc1OC. The number of methoxy groups -OCH3 is 2. The van der Waals surface area contributed by atoms with Crippen LogP contribution in [-0.2, 0) is 21.1 Å². The van der Waals surface area contributed by atoms with Gasteiger partial charge in [0.1, 0.15) is 0 Å². The van der Waals surface area contributed by atoms with Gasteiger partial charge in [0.25, 0.3) is 0 Å². The van der Waals surface area contributed by atoms with Crippen LogP contribution in [0.25, 0.3) is 0 Å². The molecule has 7 heteroatoms. The van der Waals surface area contributed by atoms with Gasteiger partial charge in [0.05, 0.1) is 32.1 Å². The maximum absolute atomic E-state index is 12.2. The lowest BCUT2D eigenvalue weighted by Crippen LogP contribution is -2.44. The minimum Gasteiger partial charge on any atom is -0.493 e. The van der Waals surface area contributed by atoms with Crippen LogP contribution in [0.3, 0.4) is 0 Å². The Morgan fingerprint density at radius 3 is 2.33 bits per heavy atom. The van der Waals surface area contributed by atoms with E-state index in [0.717, 1.165) is 5.56 Å². The molecule has 0 spiro atoms. The molecule has 2 rings (SSSR count). The van der Waals surface area contributed by atoms with Gasteiger partial charge < -0.3 is 14.4 Å². The van der Waals surface area contributed by atoms with Gasteiger partial charge in [-0.1, -0.05) is 6.07 Å². The Bertz CT molecular complexity index is 612. The molecule has 6 nitrogen and oxygen atoms in total. The minimum absolute atomic E-state index is 0.0463. The van der Waals surface area contributed by atoms with E-state index in [1.54, 1.807) is 37.3 Å². The van der Waals surface area contributed by atoms with Crippen molar-refractivity contribution >= 4 is 15.7 Å². The van der Waals surface area contributed by atoms with Gasteiger partial charge in [0.15, 0.2) is 21.3 Å². The molecule has 0 unspecified atom stereocenters. The molecule has 1 fully saturated rings. The number of carbonyl (C=O) groups excluding carboxylic acids is 1. The zero-order chi connectivity index (χ0) is 15.5. The van der Waals surface area contributed by atoms with E-state index in [2.05, 4.69) is 0 Å². The van der Waals surface area contributed by atoms with Crippen LogP contribution in [0.4, 0.5) is 0 Å². The highest BCUT2D eigenvalue weighted by Crippen LogP contribution is 2.27. The Balaban J connectivity index is 2.03. The number of ether oxygens (including phenoxy) is 2. The monoisotopic (exact) mass is 313 g/mol. The van der Waals surface area contributed by atoms with Crippen molar-refractivity contribution in [3.63, 3.8) is 0 Å². The summed E-state index contributed by atoms with van der Waals surface area (Å²) in [6.45, 7) is 0.545. The Hall–Kier alpha value is -1.76. The van der Waals surface area contributed by atoms with Crippen LogP contribution in [0.5, 0.6) is 11.5 Å². The number of hydrogen-bond donors (Lipinski definition) is 0. The molecule has 0 aliphatic carbocycles. The summed E-state index contributed by atoms with van der Waals surface area (Å²) in [5.74, 6) is 1.20. The zero-order valence-corrected chi connectivity index (χ0v) is 13.0. The zero-order valence-electron chi connectivity index (χ0n) is 12.2. The summed E-state index contributed by atoms with van der Waals surface area (Å²) in [4.78, 5) is 13.8. The van der Waals surface area contributed by atoms with E-state index < -0.39 is 9.84 Å². The van der Waals surface area contributed by atoms with Crippen molar-refractivity contribution in [1.82, 2.24) is 4.90 Å². The maximum Gasteiger partial charge on any atom is 0.227 e. The molecule has 1 saturated heterocycles. The van der Waals surface area contributed by atoms with E-state index in [1.807, 2.05) is 0 Å². The summed E-state index contributed by atoms with van der Waals surface area (Å²) in [6, 6.07) is 5.32. The quantitative estimate of drug-likeness (QED) is 0.809. The predicted octanol–water partition coefficient (Wildman–Crippen LogP) is 0.503. The van der Waals surface area contributed by atoms with Gasteiger partial charge in [-0.25, -0.2) is 8.42 Å². The molecular weight excluding hydrogens is 294 g/mol. The molecule has 21 heavy (non-hydrogen) atoms. The fourth-order valence-electron chi connectivity index (χ4n) is 2.24. The average molecular weight is 313 g/mol. The molecule has 1 amide bonds. The number of benzene rings is 1. The van der Waals surface area contributed by atoms with Gasteiger partial charge in [-0.3, -0.25) is 4.79 Å². The molecule has 0 aromatic heterocycles. The molecule has 0 radical (unpaired) electrons. The largest absolute Gasteiger partial charge is 0.493 e. The Kier molecular flexibility index (Phi) is 4.72. The molecule has 1 aliphatic heterocycles. The molecular formula is C14H19NO5S. The summed E-state index contributed by atoms with van der Waals surface area (Å²) >= 11 is 0. The van der Waals surface area contributed by atoms with E-state index >= 15 is 0 Å². The molecule has 1 heterocycles. The summed E-state index contributed by atoms with van der Waals surface area (Å²) in [7, 11) is 0.121. The average Bonchev–Trinajstić information content (AvgIpc) is 2.46. The van der Waals surface area contributed by atoms with E-state index in [-0.39, 0.29) is 36.9 Å². The Labute approximate surface area is 124 Å². The number of rotatable bonds is 4. The van der Waals surface area contributed by atoms with Crippen molar-refractivity contribution in [2.24, 2.45) is 0 Å². The van der Waals surface area contributed by atoms with Crippen LogP contribution in [0, 0.1) is 0 Å². The van der Waals surface area contributed by atoms with E-state index in [1.165, 1.54) is 0 Å². The predicted molar refractivity (Wildman–Crippen MR) is 78.5 cm³/mol. The minimum atomic E-state index is -2.97. The topological polar surface area (TPSA) is 72.9 Å². The molecule has 0 atom stereocenters. The molecule has 0 bridgehead atoms. The van der Waals surface area contributed by atoms with Gasteiger partial charge >= 0.3 is 0 Å². The third kappa shape index (κ3) is 3.87. The first-order valence-electron chi connectivity index (χ1n) is 6.64. The second-order valence-corrected chi connectivity index (χ2v) is 7.20. The fraction of sp³-hybridized carbons (Fsp3) is 0.500. The number of nitrogens with zero attached hydrogens (tertiary/aromatic N) is 1. The van der Waals surface area contributed by atoms with Crippen LogP contribution in [-0.4, -0.2) is 58.0 Å². The van der Waals surface area contributed by atoms with E-state index in [9.17, 15) is 13.2 Å². The summed E-state index contributed by atoms with van der Waals surface area (Å²) in [5.41, 5.74) is 0.811. The van der Waals surface area contributed by atoms with Crippen LogP contribution in [0.1, 0.15) is 5.56 Å². The summed E-state index contributed by atoms with van der Waals surface area (Å²) in [5, 5.41) is 0. The first-order chi connectivity index (χ1) is 9.95. The van der Waals surface area contributed by atoms with Gasteiger partial charge in [-0.15, -0.1) is 0 Å². The van der Waals surface area contributed by atoms with Crippen LogP contribution in [0.15, 0.2) is 18.2 Å². The highest BCUT2D eigenvalue weighted by Gasteiger charge is 2.25. The van der Waals surface area contributed by atoms with Gasteiger partial charge in [0.2, 0.25) is 5.91 Å². The van der Waals surface area contributed by atoms with Crippen molar-refractivity contribution in [2.75, 3.05) is 38.8 Å². The fourth-order valence-corrected chi connectivity index (χ4v) is 3.44. The third-order valence-corrected chi connectivity index (χ3v) is 5.11. The summed E-state index contributed by atoms with van der Waals surface area (Å²) < 4.78 is 33.1. The number of amides is 1. The Morgan fingerprint density at radius 2 is 1.76 bits per heavy atom. The van der Waals surface area contributed by atoms with Crippen LogP contribution >= 0.6 is 0 Å². The molecule has 1 aliphatic rings. The van der Waals surface area contributed by atoms with Crippen molar-refractivity contribution in [3.05, 3.63) is 23.8 Å². The van der Waals surface area contributed by atoms with Gasteiger partial charge in [-0.2, -0.15) is 0 Å². The lowest BCUT2D eigenvalue weighted by molar-refractivity contribution is -0.130. The first kappa shape index (κ1) is 15.6. The van der Waals surface area contributed by atoms with Crippen LogP contribution < -0.4 is 9.47 Å². The molecule has 1 aromatic rings. The van der Waals surface area contributed by atoms with Gasteiger partial charge in [-0.05, 0) is 17.7 Å². The lowest BCUT2D eigenvalue weighted by atomic mass is 10.1. The highest BCUT2D eigenvalue weighted by molar-refractivity contribution is 7.91. The smallest absolute Gasteiger partial charge is 0.227 e. The number of sulfone groups is 1. The normalized spacial score (nSPS) is 17.3. The lowest BCUT2D eigenvalue weighted by Gasteiger charge is -2.26. The summed E-state index contributed by atoms with van der Waals surface area (Å²) in [6.07, 6.45) is 0.223. The number of carbonyl (C=O) groups is 1. The highest BCUT2D eigenvalue weighted by atomic mass is 32.2.